The van der Waals surface area contributed by atoms with Crippen molar-refractivity contribution in [3.63, 3.8) is 0 Å². The molecule has 0 heterocycles. The fraction of sp³-hybridized carbons (Fsp3) is 0.571. The first-order valence-electron chi connectivity index (χ1n) is 3.02. The van der Waals surface area contributed by atoms with Crippen molar-refractivity contribution in [2.75, 3.05) is 7.11 Å². The predicted octanol–water partition coefficient (Wildman–Crippen LogP) is 0.904. The molecule has 1 rings (SSSR count). The van der Waals surface area contributed by atoms with Gasteiger partial charge in [-0.15, -0.1) is 0 Å². The summed E-state index contributed by atoms with van der Waals surface area (Å²) in [6, 6.07) is 0. The maximum Gasteiger partial charge on any atom is 0.145 e. The molecule has 0 amide bonds. The molecule has 0 spiro atoms. The molecule has 0 bridgehead atoms. The second kappa shape index (κ2) is 7.37. The Kier molecular flexibility index (Phi) is 8.26. The van der Waals surface area contributed by atoms with E-state index in [1.807, 2.05) is 6.08 Å². The molecule has 1 aliphatic rings. The normalized spacial score (nSPS) is 14.0. The molecule has 0 saturated carbocycles. The third-order valence-corrected chi connectivity index (χ3v) is 1.23. The Bertz CT molecular complexity index is 110. The van der Waals surface area contributed by atoms with Crippen LogP contribution in [0.5, 0.6) is 0 Å². The van der Waals surface area contributed by atoms with Crippen molar-refractivity contribution in [2.45, 2.75) is 19.3 Å². The number of hydrogen-bond acceptors (Lipinski definition) is 2. The van der Waals surface area contributed by atoms with Crippen molar-refractivity contribution in [3.8, 4) is 0 Å². The van der Waals surface area contributed by atoms with Crippen LogP contribution >= 0.6 is 0 Å². The molecule has 1 aliphatic carbocycles. The van der Waals surface area contributed by atoms with Crippen LogP contribution < -0.4 is 0 Å². The topological polar surface area (TPSA) is 37.3 Å². The average Bonchev–Trinajstić information content (AvgIpc) is 2.43. The quantitative estimate of drug-likeness (QED) is 0.680. The molecule has 0 saturated heterocycles. The largest absolute Gasteiger partial charge is 0.400 e. The number of carbonyl (C=O) groups excluding carboxylic acids is 1. The zero-order chi connectivity index (χ0) is 7.11. The van der Waals surface area contributed by atoms with Gasteiger partial charge < -0.3 is 5.11 Å². The monoisotopic (exact) mass is 387 g/mol. The minimum atomic E-state index is 0. The third kappa shape index (κ3) is 3.38. The average molecular weight is 387 g/mol. The number of hydrogen-bond donors (Lipinski definition) is 1. The van der Waals surface area contributed by atoms with E-state index in [9.17, 15) is 4.79 Å². The van der Waals surface area contributed by atoms with Crippen molar-refractivity contribution < 1.29 is 9.90 Å². The number of carbonyl (C=O) groups is 1. The van der Waals surface area contributed by atoms with Crippen LogP contribution in [0.3, 0.4) is 0 Å². The van der Waals surface area contributed by atoms with Crippen molar-refractivity contribution in [2.24, 2.45) is 0 Å². The Morgan fingerprint density at radius 2 is 2.20 bits per heavy atom. The van der Waals surface area contributed by atoms with Gasteiger partial charge in [-0.2, -0.15) is 0 Å². The maximum absolute atomic E-state index is 9.94. The summed E-state index contributed by atoms with van der Waals surface area (Å²) >= 11 is 0. The van der Waals surface area contributed by atoms with E-state index in [2.05, 4.69) is 0 Å². The Morgan fingerprint density at radius 1 is 1.60 bits per heavy atom. The standard InChI is InChI=1S/C6H8O.CH4O.No/c7-5-6-3-1-2-4-6;1-2;/h3,5H,1-2,4H2;2H,1H3;. The summed E-state index contributed by atoms with van der Waals surface area (Å²) in [5.74, 6) is 0. The Labute approximate surface area is 55.2 Å². The van der Waals surface area contributed by atoms with E-state index in [0.29, 0.717) is 0 Å². The van der Waals surface area contributed by atoms with E-state index in [0.717, 1.165) is 31.8 Å². The Morgan fingerprint density at radius 3 is 2.40 bits per heavy atom. The van der Waals surface area contributed by atoms with Gasteiger partial charge >= 0.3 is 0 Å². The molecule has 1 N–H and O–H groups in total. The third-order valence-electron chi connectivity index (χ3n) is 1.23. The molecule has 0 aliphatic heterocycles. The van der Waals surface area contributed by atoms with E-state index < -0.39 is 0 Å². The van der Waals surface area contributed by atoms with Crippen LogP contribution in [0.15, 0.2) is 11.6 Å². The minimum Gasteiger partial charge on any atom is -0.400 e. The van der Waals surface area contributed by atoms with Crippen LogP contribution in [-0.2, 0) is 4.79 Å². The molecule has 0 unspecified atom stereocenters. The molecular weight excluding hydrogens is 375 g/mol. The van der Waals surface area contributed by atoms with Crippen LogP contribution in [0.1, 0.15) is 19.3 Å². The van der Waals surface area contributed by atoms with Crippen LogP contribution in [0.2, 0.25) is 0 Å². The van der Waals surface area contributed by atoms with Gasteiger partial charge in [0.05, 0.1) is 0 Å². The minimum absolute atomic E-state index is 0. The summed E-state index contributed by atoms with van der Waals surface area (Å²) in [7, 11) is 1.00. The van der Waals surface area contributed by atoms with Crippen molar-refractivity contribution in [1.29, 1.82) is 0 Å². The van der Waals surface area contributed by atoms with E-state index in [1.165, 1.54) is 6.42 Å². The molecule has 10 heavy (non-hydrogen) atoms. The van der Waals surface area contributed by atoms with Crippen LogP contribution in [-0.4, -0.2) is 18.5 Å². The number of aliphatic hydroxyl groups is 1. The second-order valence-corrected chi connectivity index (χ2v) is 1.79. The van der Waals surface area contributed by atoms with Crippen LogP contribution in [0.4, 0.5) is 0 Å². The van der Waals surface area contributed by atoms with Gasteiger partial charge in [0.2, 0.25) is 0 Å². The van der Waals surface area contributed by atoms with Crippen LogP contribution in [0, 0.1) is 0 Å². The van der Waals surface area contributed by atoms with Crippen LogP contribution in [0.25, 0.3) is 0 Å². The first-order chi connectivity index (χ1) is 4.43. The van der Waals surface area contributed by atoms with Gasteiger partial charge in [-0.1, -0.05) is 6.08 Å². The molecule has 0 atom stereocenters. The molecule has 0 aromatic carbocycles. The Hall–Kier alpha value is -1.63. The fourth-order valence-electron chi connectivity index (χ4n) is 0.803. The molecule has 0 aromatic heterocycles. The SMILES string of the molecule is CO.O=CC1=CCCC1.[No]. The predicted molar refractivity (Wildman–Crippen MR) is 36.1 cm³/mol. The number of allylic oxidation sites excluding steroid dienone is 2. The fourth-order valence-corrected chi connectivity index (χ4v) is 0.803. The van der Waals surface area contributed by atoms with Crippen molar-refractivity contribution in [1.82, 2.24) is 0 Å². The van der Waals surface area contributed by atoms with Gasteiger partial charge in [0.25, 0.3) is 0 Å². The first kappa shape index (κ1) is 11.2. The maximum atomic E-state index is 9.94. The summed E-state index contributed by atoms with van der Waals surface area (Å²) in [6.07, 6.45) is 6.24. The first-order valence-corrected chi connectivity index (χ1v) is 3.02. The number of aliphatic hydroxyl groups excluding tert-OH is 1. The second-order valence-electron chi connectivity index (χ2n) is 1.79. The van der Waals surface area contributed by atoms with Gasteiger partial charge in [-0.25, -0.2) is 0 Å². The molecule has 66 valence electrons. The summed E-state index contributed by atoms with van der Waals surface area (Å²) in [5, 5.41) is 7.00. The molecule has 3 heteroatoms. The Balaban J connectivity index is 0. The number of rotatable bonds is 1. The van der Waals surface area contributed by atoms with Gasteiger partial charge in [-0.05, 0) is 24.8 Å². The smallest absolute Gasteiger partial charge is 0.145 e. The van der Waals surface area contributed by atoms with E-state index >= 15 is 0 Å². The van der Waals surface area contributed by atoms with E-state index in [4.69, 9.17) is 5.11 Å². The van der Waals surface area contributed by atoms with Gasteiger partial charge in [-0.3, -0.25) is 4.79 Å². The van der Waals surface area contributed by atoms with Gasteiger partial charge in [0.15, 0.2) is 0 Å². The van der Waals surface area contributed by atoms with Gasteiger partial charge in [0, 0.05) is 7.11 Å². The molecule has 0 radical (unpaired) electrons. The van der Waals surface area contributed by atoms with Gasteiger partial charge in [0.1, 0.15) is 6.29 Å². The number of aldehydes is 1. The molecular formula is C7H12NoO2. The molecule has 2 nitrogen and oxygen atoms in total. The van der Waals surface area contributed by atoms with Crippen molar-refractivity contribution >= 4 is 6.29 Å². The van der Waals surface area contributed by atoms with E-state index in [1.54, 1.807) is 0 Å². The summed E-state index contributed by atoms with van der Waals surface area (Å²) < 4.78 is 0. The van der Waals surface area contributed by atoms with E-state index in [-0.39, 0.29) is 0 Å². The summed E-state index contributed by atoms with van der Waals surface area (Å²) in [4.78, 5) is 9.94. The van der Waals surface area contributed by atoms with Crippen molar-refractivity contribution in [3.05, 3.63) is 11.6 Å². The zero-order valence-electron chi connectivity index (χ0n) is 5.90. The zero-order valence-corrected chi connectivity index (χ0v) is 8.12. The summed E-state index contributed by atoms with van der Waals surface area (Å²) in [6.45, 7) is 0. The molecule has 0 aromatic rings. The summed E-state index contributed by atoms with van der Waals surface area (Å²) in [5.41, 5.74) is 0.986. The molecule has 0 fully saturated rings.